The lowest BCUT2D eigenvalue weighted by Crippen LogP contribution is -2.50. The minimum atomic E-state index is -4.44. The van der Waals surface area contributed by atoms with Crippen molar-refractivity contribution in [2.45, 2.75) is 63.3 Å². The van der Waals surface area contributed by atoms with E-state index in [1.165, 1.54) is 6.20 Å². The highest BCUT2D eigenvalue weighted by Crippen LogP contribution is 2.48. The van der Waals surface area contributed by atoms with Gasteiger partial charge < -0.3 is 20.0 Å². The van der Waals surface area contributed by atoms with Crippen LogP contribution in [0.4, 0.5) is 29.5 Å². The molecule has 1 saturated carbocycles. The predicted molar refractivity (Wildman–Crippen MR) is 137 cm³/mol. The number of hydrogen-bond donors (Lipinski definition) is 2. The summed E-state index contributed by atoms with van der Waals surface area (Å²) in [5, 5.41) is 14.9. The van der Waals surface area contributed by atoms with Crippen LogP contribution in [0.1, 0.15) is 39.0 Å². The van der Waals surface area contributed by atoms with Crippen LogP contribution in [0, 0.1) is 0 Å². The number of H-pyrrole nitrogens is 1. The van der Waals surface area contributed by atoms with Crippen molar-refractivity contribution in [3.8, 4) is 11.4 Å². The first-order valence-corrected chi connectivity index (χ1v) is 13.1. The van der Waals surface area contributed by atoms with Crippen molar-refractivity contribution in [3.05, 3.63) is 18.5 Å². The third-order valence-corrected chi connectivity index (χ3v) is 8.26. The van der Waals surface area contributed by atoms with Crippen LogP contribution in [-0.2, 0) is 6.54 Å². The number of pyridine rings is 1. The van der Waals surface area contributed by atoms with Crippen molar-refractivity contribution in [2.75, 3.05) is 43.4 Å². The normalized spacial score (nSPS) is 21.9. The van der Waals surface area contributed by atoms with Crippen LogP contribution in [0.5, 0.6) is 0 Å². The number of nitrogens with zero attached hydrogens (tertiary/aromatic N) is 7. The number of halogens is 3. The Balaban J connectivity index is 1.32. The fourth-order valence-corrected chi connectivity index (χ4v) is 5.79. The fourth-order valence-electron chi connectivity index (χ4n) is 5.79. The Morgan fingerprint density at radius 1 is 1.18 bits per heavy atom. The SMILES string of the molecule is CC1CN(c2nn(CC(F)(F)F)c3cc(-c4[nH]ncc4NC(=O)N4CCCCC45CC5)ncc23)CCN1C. The molecular weight excluding hydrogens is 499 g/mol. The van der Waals surface area contributed by atoms with Gasteiger partial charge in [-0.2, -0.15) is 23.4 Å². The molecule has 1 aliphatic carbocycles. The highest BCUT2D eigenvalue weighted by Gasteiger charge is 2.51. The van der Waals surface area contributed by atoms with Crippen LogP contribution in [0.15, 0.2) is 18.5 Å². The summed E-state index contributed by atoms with van der Waals surface area (Å²) in [5.74, 6) is 0.501. The standard InChI is InChI=1S/C25H32F3N9O/c1-16-14-35(10-9-34(16)2)22-17-12-29-18(11-20(17)37(33-22)15-25(26,27)28)21-19(13-30-32-21)31-23(38)36-8-4-3-5-24(36)6-7-24/h11-13,16H,3-10,14-15H2,1-2H3,(H,30,32)(H,31,38). The number of piperazine rings is 1. The van der Waals surface area contributed by atoms with Crippen molar-refractivity contribution in [2.24, 2.45) is 0 Å². The molecule has 0 radical (unpaired) electrons. The van der Waals surface area contributed by atoms with Crippen LogP contribution < -0.4 is 10.2 Å². The third kappa shape index (κ3) is 4.56. The smallest absolute Gasteiger partial charge is 0.352 e. The lowest BCUT2D eigenvalue weighted by molar-refractivity contribution is -0.141. The summed E-state index contributed by atoms with van der Waals surface area (Å²) in [4.78, 5) is 23.9. The van der Waals surface area contributed by atoms with Gasteiger partial charge in [-0.1, -0.05) is 0 Å². The molecule has 3 aromatic heterocycles. The van der Waals surface area contributed by atoms with E-state index in [1.807, 2.05) is 16.8 Å². The van der Waals surface area contributed by atoms with Gasteiger partial charge in [0.1, 0.15) is 12.2 Å². The molecule has 13 heteroatoms. The number of piperidine rings is 1. The van der Waals surface area contributed by atoms with Gasteiger partial charge in [0.2, 0.25) is 0 Å². The maximum absolute atomic E-state index is 13.5. The molecule has 3 aromatic rings. The monoisotopic (exact) mass is 531 g/mol. The number of likely N-dealkylation sites (tertiary alicyclic amines) is 1. The van der Waals surface area contributed by atoms with Crippen molar-refractivity contribution < 1.29 is 18.0 Å². The van der Waals surface area contributed by atoms with Crippen molar-refractivity contribution in [1.82, 2.24) is 34.8 Å². The van der Waals surface area contributed by atoms with E-state index >= 15 is 0 Å². The molecule has 2 amide bonds. The first-order valence-electron chi connectivity index (χ1n) is 13.1. The van der Waals surface area contributed by atoms with Gasteiger partial charge in [-0.25, -0.2) is 4.79 Å². The summed E-state index contributed by atoms with van der Waals surface area (Å²) >= 11 is 0. The molecule has 1 atom stereocenters. The number of nitrogens with one attached hydrogen (secondary N) is 2. The van der Waals surface area contributed by atoms with Gasteiger partial charge in [-0.05, 0) is 52.1 Å². The number of urea groups is 1. The Morgan fingerprint density at radius 2 is 2.00 bits per heavy atom. The summed E-state index contributed by atoms with van der Waals surface area (Å²) in [6.45, 7) is 3.70. The fraction of sp³-hybridized carbons (Fsp3) is 0.600. The van der Waals surface area contributed by atoms with Crippen LogP contribution in [0.2, 0.25) is 0 Å². The number of carbonyl (C=O) groups is 1. The Bertz CT molecular complexity index is 1350. The minimum absolute atomic E-state index is 0.0232. The molecule has 6 rings (SSSR count). The highest BCUT2D eigenvalue weighted by molar-refractivity contribution is 5.96. The van der Waals surface area contributed by atoms with Crippen LogP contribution in [-0.4, -0.2) is 91.8 Å². The van der Waals surface area contributed by atoms with Crippen LogP contribution >= 0.6 is 0 Å². The average Bonchev–Trinajstić information content (AvgIpc) is 3.32. The number of anilines is 2. The van der Waals surface area contributed by atoms with Gasteiger partial charge in [-0.15, -0.1) is 0 Å². The number of alkyl halides is 3. The predicted octanol–water partition coefficient (Wildman–Crippen LogP) is 4.07. The van der Waals surface area contributed by atoms with Crippen molar-refractivity contribution in [3.63, 3.8) is 0 Å². The van der Waals surface area contributed by atoms with E-state index in [0.717, 1.165) is 43.3 Å². The summed E-state index contributed by atoms with van der Waals surface area (Å²) in [6.07, 6.45) is 3.81. The second kappa shape index (κ2) is 9.14. The highest BCUT2D eigenvalue weighted by atomic mass is 19.4. The van der Waals surface area contributed by atoms with E-state index < -0.39 is 12.7 Å². The van der Waals surface area contributed by atoms with E-state index in [9.17, 15) is 18.0 Å². The number of fused-ring (bicyclic) bond motifs is 1. The van der Waals surface area contributed by atoms with Crippen LogP contribution in [0.25, 0.3) is 22.3 Å². The molecule has 0 aromatic carbocycles. The zero-order valence-electron chi connectivity index (χ0n) is 21.6. The molecule has 0 bridgehead atoms. The Labute approximate surface area is 218 Å². The van der Waals surface area contributed by atoms with Gasteiger partial charge >= 0.3 is 12.2 Å². The second-order valence-corrected chi connectivity index (χ2v) is 10.9. The Hall–Kier alpha value is -3.35. The quantitative estimate of drug-likeness (QED) is 0.527. The number of likely N-dealkylation sites (N-methyl/N-ethyl adjacent to an activating group) is 1. The first-order chi connectivity index (χ1) is 18.1. The molecule has 1 spiro atoms. The summed E-state index contributed by atoms with van der Waals surface area (Å²) in [5.41, 5.74) is 1.57. The first kappa shape index (κ1) is 25.0. The number of aromatic nitrogens is 5. The van der Waals surface area contributed by atoms with E-state index in [-0.39, 0.29) is 17.6 Å². The number of rotatable bonds is 4. The lowest BCUT2D eigenvalue weighted by atomic mass is 10.0. The molecule has 38 heavy (non-hydrogen) atoms. The summed E-state index contributed by atoms with van der Waals surface area (Å²) < 4.78 is 41.5. The van der Waals surface area contributed by atoms with Crippen LogP contribution in [0.3, 0.4) is 0 Å². The van der Waals surface area contributed by atoms with E-state index in [1.54, 1.807) is 12.3 Å². The molecule has 3 aliphatic rings. The van der Waals surface area contributed by atoms with Crippen molar-refractivity contribution in [1.29, 1.82) is 0 Å². The largest absolute Gasteiger partial charge is 0.408 e. The van der Waals surface area contributed by atoms with E-state index in [4.69, 9.17) is 0 Å². The maximum Gasteiger partial charge on any atom is 0.408 e. The zero-order chi connectivity index (χ0) is 26.7. The van der Waals surface area contributed by atoms with Gasteiger partial charge in [-0.3, -0.25) is 14.8 Å². The molecule has 2 saturated heterocycles. The number of carbonyl (C=O) groups excluding carboxylic acids is 1. The van der Waals surface area contributed by atoms with Gasteiger partial charge in [0, 0.05) is 44.0 Å². The molecule has 1 unspecified atom stereocenters. The zero-order valence-corrected chi connectivity index (χ0v) is 21.6. The molecule has 10 nitrogen and oxygen atoms in total. The summed E-state index contributed by atoms with van der Waals surface area (Å²) in [6, 6.07) is 1.65. The molecule has 204 valence electrons. The number of amides is 2. The van der Waals surface area contributed by atoms with Crippen molar-refractivity contribution >= 4 is 28.4 Å². The molecular formula is C25H32F3N9O. The lowest BCUT2D eigenvalue weighted by Gasteiger charge is -2.37. The molecule has 2 N–H and O–H groups in total. The molecule has 5 heterocycles. The van der Waals surface area contributed by atoms with Gasteiger partial charge in [0.15, 0.2) is 5.82 Å². The maximum atomic E-state index is 13.5. The topological polar surface area (TPSA) is 98.2 Å². The third-order valence-electron chi connectivity index (χ3n) is 8.26. The number of hydrogen-bond acceptors (Lipinski definition) is 6. The average molecular weight is 532 g/mol. The van der Waals surface area contributed by atoms with E-state index in [2.05, 4.69) is 37.4 Å². The van der Waals surface area contributed by atoms with E-state index in [0.29, 0.717) is 53.4 Å². The van der Waals surface area contributed by atoms with Gasteiger partial charge in [0.25, 0.3) is 0 Å². The molecule has 3 fully saturated rings. The van der Waals surface area contributed by atoms with Gasteiger partial charge in [0.05, 0.1) is 28.5 Å². The Morgan fingerprint density at radius 3 is 2.74 bits per heavy atom. The molecule has 2 aliphatic heterocycles. The number of aromatic amines is 1. The second-order valence-electron chi connectivity index (χ2n) is 10.9. The minimum Gasteiger partial charge on any atom is -0.352 e. The summed E-state index contributed by atoms with van der Waals surface area (Å²) in [7, 11) is 2.03. The Kier molecular flexibility index (Phi) is 6.00.